The van der Waals surface area contributed by atoms with Gasteiger partial charge in [0.05, 0.1) is 23.0 Å². The van der Waals surface area contributed by atoms with Crippen molar-refractivity contribution in [2.75, 3.05) is 7.11 Å². The van der Waals surface area contributed by atoms with E-state index in [9.17, 15) is 9.18 Å². The van der Waals surface area contributed by atoms with E-state index in [1.165, 1.54) is 25.3 Å². The number of benzene rings is 2. The minimum atomic E-state index is -0.512. The summed E-state index contributed by atoms with van der Waals surface area (Å²) in [6, 6.07) is 9.17. The Hall–Kier alpha value is -2.37. The van der Waals surface area contributed by atoms with Crippen LogP contribution in [0.15, 0.2) is 41.2 Å². The van der Waals surface area contributed by atoms with Gasteiger partial charge in [-0.3, -0.25) is 4.79 Å². The van der Waals surface area contributed by atoms with E-state index in [0.717, 1.165) is 0 Å². The van der Waals surface area contributed by atoms with Gasteiger partial charge in [0.1, 0.15) is 0 Å². The molecule has 0 unspecified atom stereocenters. The van der Waals surface area contributed by atoms with Crippen LogP contribution >= 0.6 is 23.2 Å². The summed E-state index contributed by atoms with van der Waals surface area (Å²) in [6.07, 6.45) is 1.50. The molecule has 0 aliphatic heterocycles. The van der Waals surface area contributed by atoms with Gasteiger partial charge in [0.2, 0.25) is 0 Å². The zero-order valence-electron chi connectivity index (χ0n) is 12.4. The molecule has 0 aliphatic rings. The number of methoxy groups -OCH3 is 1. The highest BCUT2D eigenvalue weighted by Gasteiger charge is 2.08. The molecule has 1 aromatic heterocycles. The monoisotopic (exact) mass is 364 g/mol. The molecule has 4 nitrogen and oxygen atoms in total. The van der Waals surface area contributed by atoms with Crippen molar-refractivity contribution in [2.24, 2.45) is 0 Å². The van der Waals surface area contributed by atoms with E-state index in [4.69, 9.17) is 27.9 Å². The third kappa shape index (κ3) is 3.27. The fraction of sp³-hybridized carbons (Fsp3) is 0.0588. The maximum absolute atomic E-state index is 13.7. The average molecular weight is 365 g/mol. The first kappa shape index (κ1) is 16.5. The number of nitrogens with zero attached hydrogens (tertiary/aromatic N) is 1. The molecule has 0 aliphatic carbocycles. The van der Waals surface area contributed by atoms with Crippen molar-refractivity contribution < 1.29 is 9.13 Å². The SMILES string of the molecule is COc1ccc(/C=C(\Cl)c2nc3cc(Cl)ccc3c(=O)[nH]2)cc1F. The van der Waals surface area contributed by atoms with E-state index < -0.39 is 5.82 Å². The van der Waals surface area contributed by atoms with Crippen LogP contribution in [0.2, 0.25) is 5.02 Å². The fourth-order valence-electron chi connectivity index (χ4n) is 2.21. The summed E-state index contributed by atoms with van der Waals surface area (Å²) < 4.78 is 18.6. The number of aromatic nitrogens is 2. The molecule has 0 fully saturated rings. The molecule has 0 atom stereocenters. The van der Waals surface area contributed by atoms with Crippen molar-refractivity contribution in [1.29, 1.82) is 0 Å². The van der Waals surface area contributed by atoms with Gasteiger partial charge in [0, 0.05) is 5.02 Å². The summed E-state index contributed by atoms with van der Waals surface area (Å²) in [6.45, 7) is 0. The molecule has 0 bridgehead atoms. The molecule has 122 valence electrons. The number of hydrogen-bond acceptors (Lipinski definition) is 3. The van der Waals surface area contributed by atoms with Crippen LogP contribution in [-0.4, -0.2) is 17.1 Å². The van der Waals surface area contributed by atoms with Gasteiger partial charge in [-0.1, -0.05) is 29.3 Å². The summed E-state index contributed by atoms with van der Waals surface area (Å²) in [4.78, 5) is 19.0. The molecule has 3 aromatic rings. The first-order valence-electron chi connectivity index (χ1n) is 6.88. The lowest BCUT2D eigenvalue weighted by Crippen LogP contribution is -2.10. The molecule has 1 N–H and O–H groups in total. The number of aromatic amines is 1. The highest BCUT2D eigenvalue weighted by atomic mass is 35.5. The Labute approximate surface area is 146 Å². The second-order valence-electron chi connectivity index (χ2n) is 4.96. The lowest BCUT2D eigenvalue weighted by atomic mass is 10.2. The van der Waals surface area contributed by atoms with Crippen molar-refractivity contribution in [3.05, 3.63) is 69.0 Å². The molecular weight excluding hydrogens is 354 g/mol. The molecule has 0 radical (unpaired) electrons. The topological polar surface area (TPSA) is 55.0 Å². The van der Waals surface area contributed by atoms with Crippen molar-refractivity contribution in [3.63, 3.8) is 0 Å². The quantitative estimate of drug-likeness (QED) is 0.746. The van der Waals surface area contributed by atoms with Gasteiger partial charge in [0.15, 0.2) is 17.4 Å². The van der Waals surface area contributed by atoms with Gasteiger partial charge in [-0.15, -0.1) is 0 Å². The molecule has 0 amide bonds. The second-order valence-corrected chi connectivity index (χ2v) is 5.81. The van der Waals surface area contributed by atoms with E-state index in [-0.39, 0.29) is 22.2 Å². The van der Waals surface area contributed by atoms with Gasteiger partial charge < -0.3 is 9.72 Å². The van der Waals surface area contributed by atoms with Crippen LogP contribution in [-0.2, 0) is 0 Å². The molecule has 0 saturated carbocycles. The van der Waals surface area contributed by atoms with Gasteiger partial charge in [-0.05, 0) is 42.0 Å². The summed E-state index contributed by atoms with van der Waals surface area (Å²) in [7, 11) is 1.38. The Morgan fingerprint density at radius 3 is 2.79 bits per heavy atom. The molecule has 24 heavy (non-hydrogen) atoms. The number of halogens is 3. The van der Waals surface area contributed by atoms with Crippen LogP contribution in [0, 0.1) is 5.82 Å². The summed E-state index contributed by atoms with van der Waals surface area (Å²) >= 11 is 12.1. The van der Waals surface area contributed by atoms with Gasteiger partial charge >= 0.3 is 0 Å². The van der Waals surface area contributed by atoms with Gasteiger partial charge in [-0.25, -0.2) is 9.37 Å². The molecular formula is C17H11Cl2FN2O2. The van der Waals surface area contributed by atoms with Crippen LogP contribution < -0.4 is 10.3 Å². The second kappa shape index (κ2) is 6.63. The van der Waals surface area contributed by atoms with Crippen molar-refractivity contribution in [2.45, 2.75) is 0 Å². The highest BCUT2D eigenvalue weighted by molar-refractivity contribution is 6.50. The largest absolute Gasteiger partial charge is 0.494 e. The van der Waals surface area contributed by atoms with Crippen LogP contribution in [0.1, 0.15) is 11.4 Å². The molecule has 7 heteroatoms. The lowest BCUT2D eigenvalue weighted by Gasteiger charge is -2.04. The van der Waals surface area contributed by atoms with E-state index in [2.05, 4.69) is 9.97 Å². The van der Waals surface area contributed by atoms with Gasteiger partial charge in [0.25, 0.3) is 5.56 Å². The number of hydrogen-bond donors (Lipinski definition) is 1. The lowest BCUT2D eigenvalue weighted by molar-refractivity contribution is 0.386. The van der Waals surface area contributed by atoms with Crippen LogP contribution in [0.4, 0.5) is 4.39 Å². The summed E-state index contributed by atoms with van der Waals surface area (Å²) in [5, 5.41) is 1.03. The smallest absolute Gasteiger partial charge is 0.259 e. The van der Waals surface area contributed by atoms with E-state index in [1.807, 2.05) is 0 Å². The van der Waals surface area contributed by atoms with E-state index in [1.54, 1.807) is 24.3 Å². The minimum Gasteiger partial charge on any atom is -0.494 e. The maximum atomic E-state index is 13.7. The Bertz CT molecular complexity index is 1020. The normalized spacial score (nSPS) is 11.8. The minimum absolute atomic E-state index is 0.134. The Kier molecular flexibility index (Phi) is 4.55. The molecule has 0 saturated heterocycles. The van der Waals surface area contributed by atoms with Gasteiger partial charge in [-0.2, -0.15) is 0 Å². The van der Waals surface area contributed by atoms with Crippen LogP contribution in [0.3, 0.4) is 0 Å². The summed E-state index contributed by atoms with van der Waals surface area (Å²) in [5.41, 5.74) is 0.597. The van der Waals surface area contributed by atoms with E-state index in [0.29, 0.717) is 21.5 Å². The molecule has 3 rings (SSSR count). The molecule has 2 aromatic carbocycles. The standard InChI is InChI=1S/C17H11Cl2FN2O2/c1-24-15-5-2-9(7-13(15)20)6-12(19)16-21-14-8-10(18)3-4-11(14)17(23)22-16/h2-8H,1H3,(H,21,22,23)/b12-6-. The van der Waals surface area contributed by atoms with Crippen molar-refractivity contribution >= 4 is 45.2 Å². The first-order valence-corrected chi connectivity index (χ1v) is 7.64. The van der Waals surface area contributed by atoms with Crippen molar-refractivity contribution in [3.8, 4) is 5.75 Å². The Morgan fingerprint density at radius 2 is 2.08 bits per heavy atom. The number of rotatable bonds is 3. The summed E-state index contributed by atoms with van der Waals surface area (Å²) in [5.74, 6) is -0.203. The third-order valence-corrected chi connectivity index (χ3v) is 3.89. The predicted octanol–water partition coefficient (Wildman–Crippen LogP) is 4.46. The first-order chi connectivity index (χ1) is 11.5. The molecule has 0 spiro atoms. The third-order valence-electron chi connectivity index (χ3n) is 3.36. The molecule has 1 heterocycles. The van der Waals surface area contributed by atoms with E-state index >= 15 is 0 Å². The Balaban J connectivity index is 2.06. The highest BCUT2D eigenvalue weighted by Crippen LogP contribution is 2.24. The Morgan fingerprint density at radius 1 is 1.29 bits per heavy atom. The van der Waals surface area contributed by atoms with Crippen LogP contribution in [0.5, 0.6) is 5.75 Å². The van der Waals surface area contributed by atoms with Crippen molar-refractivity contribution in [1.82, 2.24) is 9.97 Å². The predicted molar refractivity (Wildman–Crippen MR) is 94.0 cm³/mol. The number of H-pyrrole nitrogens is 1. The fourth-order valence-corrected chi connectivity index (χ4v) is 2.59. The number of ether oxygens (including phenoxy) is 1. The van der Waals surface area contributed by atoms with Crippen LogP contribution in [0.25, 0.3) is 22.0 Å². The zero-order valence-corrected chi connectivity index (χ0v) is 14.0. The number of nitrogens with one attached hydrogen (secondary N) is 1. The zero-order chi connectivity index (χ0) is 17.3. The average Bonchev–Trinajstić information content (AvgIpc) is 2.54. The number of fused-ring (bicyclic) bond motifs is 1. The maximum Gasteiger partial charge on any atom is 0.259 e.